The molecule has 0 bridgehead atoms. The van der Waals surface area contributed by atoms with Crippen molar-refractivity contribution in [3.63, 3.8) is 0 Å². The van der Waals surface area contributed by atoms with E-state index in [2.05, 4.69) is 9.97 Å². The lowest BCUT2D eigenvalue weighted by Crippen LogP contribution is -2.33. The first-order valence-corrected chi connectivity index (χ1v) is 3.93. The molecule has 14 heavy (non-hydrogen) atoms. The van der Waals surface area contributed by atoms with E-state index in [9.17, 15) is 9.59 Å². The number of aromatic nitrogens is 4. The Labute approximate surface area is 77.8 Å². The summed E-state index contributed by atoms with van der Waals surface area (Å²) in [6.45, 7) is 0. The molecule has 0 aliphatic carbocycles. The Morgan fingerprint density at radius 1 is 1.29 bits per heavy atom. The van der Waals surface area contributed by atoms with Crippen LogP contribution in [0.2, 0.25) is 0 Å². The third-order valence-electron chi connectivity index (χ3n) is 2.17. The van der Waals surface area contributed by atoms with Crippen molar-refractivity contribution in [1.29, 1.82) is 0 Å². The lowest BCUT2D eigenvalue weighted by Gasteiger charge is -1.97. The molecular formula is C7H9N5O2. The van der Waals surface area contributed by atoms with Crippen LogP contribution >= 0.6 is 0 Å². The standard InChI is InChI=1S/C7H9N5O2/c1-11-3-4(9-6(11)8)10-7(14)12(2)5(3)13/h1-2H3,(H2,8,9)(H,10,14). The molecule has 3 N–H and O–H groups in total. The largest absolute Gasteiger partial charge is 0.369 e. The second-order valence-corrected chi connectivity index (χ2v) is 3.02. The van der Waals surface area contributed by atoms with Crippen molar-refractivity contribution in [2.45, 2.75) is 0 Å². The summed E-state index contributed by atoms with van der Waals surface area (Å²) >= 11 is 0. The molecule has 2 aromatic rings. The van der Waals surface area contributed by atoms with Gasteiger partial charge in [0.1, 0.15) is 0 Å². The van der Waals surface area contributed by atoms with E-state index in [0.717, 1.165) is 4.57 Å². The minimum atomic E-state index is -0.499. The number of nitrogens with two attached hydrogens (primary N) is 1. The number of hydrogen-bond donors (Lipinski definition) is 2. The SMILES string of the molecule is Cn1c(=O)[nH]c2nc(N)n(C)c2c1=O. The van der Waals surface area contributed by atoms with Crippen molar-refractivity contribution in [2.24, 2.45) is 14.1 Å². The van der Waals surface area contributed by atoms with E-state index in [1.54, 1.807) is 7.05 Å². The molecule has 2 aromatic heterocycles. The molecule has 0 spiro atoms. The zero-order chi connectivity index (χ0) is 10.5. The first kappa shape index (κ1) is 8.54. The molecule has 0 aliphatic heterocycles. The monoisotopic (exact) mass is 195 g/mol. The van der Waals surface area contributed by atoms with Crippen LogP contribution in [-0.2, 0) is 14.1 Å². The summed E-state index contributed by atoms with van der Waals surface area (Å²) in [5.74, 6) is 0.193. The van der Waals surface area contributed by atoms with E-state index in [0.29, 0.717) is 5.52 Å². The van der Waals surface area contributed by atoms with E-state index >= 15 is 0 Å². The van der Waals surface area contributed by atoms with Crippen LogP contribution in [0.25, 0.3) is 11.2 Å². The number of H-pyrrole nitrogens is 1. The van der Waals surface area contributed by atoms with Gasteiger partial charge >= 0.3 is 5.69 Å². The van der Waals surface area contributed by atoms with E-state index in [1.165, 1.54) is 11.6 Å². The number of hydrogen-bond acceptors (Lipinski definition) is 4. The number of rotatable bonds is 0. The van der Waals surface area contributed by atoms with Gasteiger partial charge in [-0.15, -0.1) is 0 Å². The van der Waals surface area contributed by atoms with Crippen molar-refractivity contribution in [3.8, 4) is 0 Å². The molecule has 0 saturated heterocycles. The van der Waals surface area contributed by atoms with Crippen LogP contribution in [0.4, 0.5) is 5.95 Å². The smallest absolute Gasteiger partial charge is 0.329 e. The number of anilines is 1. The van der Waals surface area contributed by atoms with E-state index in [1.807, 2.05) is 0 Å². The van der Waals surface area contributed by atoms with Crippen molar-refractivity contribution in [2.75, 3.05) is 5.73 Å². The molecule has 0 unspecified atom stereocenters. The fraction of sp³-hybridized carbons (Fsp3) is 0.286. The highest BCUT2D eigenvalue weighted by molar-refractivity contribution is 5.72. The highest BCUT2D eigenvalue weighted by atomic mass is 16.2. The predicted octanol–water partition coefficient (Wildman–Crippen LogP) is -1.46. The van der Waals surface area contributed by atoms with Gasteiger partial charge in [0, 0.05) is 14.1 Å². The number of fused-ring (bicyclic) bond motifs is 1. The van der Waals surface area contributed by atoms with Gasteiger partial charge in [-0.25, -0.2) is 4.79 Å². The Hall–Kier alpha value is -2.05. The van der Waals surface area contributed by atoms with Crippen LogP contribution < -0.4 is 17.0 Å². The first-order chi connectivity index (χ1) is 6.52. The second-order valence-electron chi connectivity index (χ2n) is 3.02. The number of nitrogen functional groups attached to an aromatic ring is 1. The van der Waals surface area contributed by atoms with Gasteiger partial charge in [-0.2, -0.15) is 4.98 Å². The average molecular weight is 195 g/mol. The molecule has 0 saturated carbocycles. The van der Waals surface area contributed by atoms with E-state index in [4.69, 9.17) is 5.73 Å². The topological polar surface area (TPSA) is 98.7 Å². The number of nitrogens with one attached hydrogen (secondary N) is 1. The minimum Gasteiger partial charge on any atom is -0.369 e. The van der Waals surface area contributed by atoms with Gasteiger partial charge in [-0.3, -0.25) is 14.3 Å². The molecule has 2 heterocycles. The summed E-state index contributed by atoms with van der Waals surface area (Å²) in [6.07, 6.45) is 0. The third-order valence-corrected chi connectivity index (χ3v) is 2.17. The maximum Gasteiger partial charge on any atom is 0.329 e. The lowest BCUT2D eigenvalue weighted by molar-refractivity contribution is 0.783. The summed E-state index contributed by atoms with van der Waals surface area (Å²) < 4.78 is 2.41. The predicted molar refractivity (Wildman–Crippen MR) is 51.0 cm³/mol. The van der Waals surface area contributed by atoms with Crippen molar-refractivity contribution < 1.29 is 0 Å². The Balaban J connectivity index is 3.15. The van der Waals surface area contributed by atoms with Crippen LogP contribution in [0, 0.1) is 0 Å². The van der Waals surface area contributed by atoms with Crippen molar-refractivity contribution in [1.82, 2.24) is 19.1 Å². The number of aryl methyl sites for hydroxylation is 1. The van der Waals surface area contributed by atoms with Gasteiger partial charge in [-0.1, -0.05) is 0 Å². The lowest BCUT2D eigenvalue weighted by atomic mass is 10.5. The third kappa shape index (κ3) is 0.889. The molecule has 0 aliphatic rings. The van der Waals surface area contributed by atoms with Gasteiger partial charge in [0.2, 0.25) is 5.95 Å². The fourth-order valence-electron chi connectivity index (χ4n) is 1.28. The van der Waals surface area contributed by atoms with Gasteiger partial charge in [0.15, 0.2) is 11.2 Å². The van der Waals surface area contributed by atoms with Crippen LogP contribution in [0.3, 0.4) is 0 Å². The number of aromatic amines is 1. The molecule has 0 atom stereocenters. The average Bonchev–Trinajstić information content (AvgIpc) is 2.39. The molecule has 7 heteroatoms. The second kappa shape index (κ2) is 2.47. The number of imidazole rings is 1. The molecule has 0 amide bonds. The maximum atomic E-state index is 11.6. The zero-order valence-corrected chi connectivity index (χ0v) is 7.74. The molecule has 7 nitrogen and oxygen atoms in total. The molecule has 0 radical (unpaired) electrons. The normalized spacial score (nSPS) is 11.0. The van der Waals surface area contributed by atoms with Gasteiger partial charge in [0.05, 0.1) is 0 Å². The first-order valence-electron chi connectivity index (χ1n) is 3.93. The van der Waals surface area contributed by atoms with Crippen molar-refractivity contribution >= 4 is 17.1 Å². The van der Waals surface area contributed by atoms with Gasteiger partial charge in [-0.05, 0) is 0 Å². The van der Waals surface area contributed by atoms with Crippen LogP contribution in [0.15, 0.2) is 9.59 Å². The van der Waals surface area contributed by atoms with Crippen molar-refractivity contribution in [3.05, 3.63) is 20.8 Å². The Kier molecular flexibility index (Phi) is 1.51. The molecule has 74 valence electrons. The van der Waals surface area contributed by atoms with Crippen LogP contribution in [0.1, 0.15) is 0 Å². The Morgan fingerprint density at radius 2 is 1.93 bits per heavy atom. The van der Waals surface area contributed by atoms with Gasteiger partial charge in [0.25, 0.3) is 5.56 Å². The minimum absolute atomic E-state index is 0.193. The van der Waals surface area contributed by atoms with E-state index < -0.39 is 11.2 Å². The highest BCUT2D eigenvalue weighted by Crippen LogP contribution is 2.06. The Bertz CT molecular complexity index is 617. The van der Waals surface area contributed by atoms with Crippen LogP contribution in [-0.4, -0.2) is 19.1 Å². The quantitative estimate of drug-likeness (QED) is 0.536. The summed E-state index contributed by atoms with van der Waals surface area (Å²) in [4.78, 5) is 29.1. The summed E-state index contributed by atoms with van der Waals surface area (Å²) in [7, 11) is 3.01. The molecular weight excluding hydrogens is 186 g/mol. The van der Waals surface area contributed by atoms with Crippen LogP contribution in [0.5, 0.6) is 0 Å². The summed E-state index contributed by atoms with van der Waals surface area (Å²) in [5.41, 5.74) is 5.11. The summed E-state index contributed by atoms with van der Waals surface area (Å²) in [6, 6.07) is 0. The van der Waals surface area contributed by atoms with Gasteiger partial charge < -0.3 is 10.3 Å². The zero-order valence-electron chi connectivity index (χ0n) is 7.74. The fourth-order valence-corrected chi connectivity index (χ4v) is 1.28. The highest BCUT2D eigenvalue weighted by Gasteiger charge is 2.11. The molecule has 2 rings (SSSR count). The molecule has 0 aromatic carbocycles. The van der Waals surface area contributed by atoms with E-state index in [-0.39, 0.29) is 11.6 Å². The summed E-state index contributed by atoms with van der Waals surface area (Å²) in [5, 5.41) is 0. The molecule has 0 fully saturated rings. The Morgan fingerprint density at radius 3 is 2.57 bits per heavy atom. The number of nitrogens with zero attached hydrogens (tertiary/aromatic N) is 3. The maximum absolute atomic E-state index is 11.6.